The Morgan fingerprint density at radius 3 is 2.84 bits per heavy atom. The molecule has 100 valence electrons. The molecule has 0 saturated heterocycles. The van der Waals surface area contributed by atoms with Gasteiger partial charge in [0, 0.05) is 11.4 Å². The summed E-state index contributed by atoms with van der Waals surface area (Å²) in [4.78, 5) is 12.0. The first-order valence-electron chi connectivity index (χ1n) is 5.49. The predicted molar refractivity (Wildman–Crippen MR) is 74.8 cm³/mol. The lowest BCUT2D eigenvalue weighted by atomic mass is 10.2. The van der Waals surface area contributed by atoms with Crippen molar-refractivity contribution in [2.75, 3.05) is 5.32 Å². The SMILES string of the molecule is Cc1sc(C(=O)O)cc1CNc1c(F)cccc1Cl. The van der Waals surface area contributed by atoms with Crippen molar-refractivity contribution in [3.8, 4) is 0 Å². The maximum atomic E-state index is 13.5. The van der Waals surface area contributed by atoms with E-state index in [1.165, 1.54) is 23.5 Å². The molecule has 0 saturated carbocycles. The summed E-state index contributed by atoms with van der Waals surface area (Å²) in [5.74, 6) is -1.39. The molecule has 1 aromatic heterocycles. The van der Waals surface area contributed by atoms with Crippen LogP contribution in [0.2, 0.25) is 5.02 Å². The van der Waals surface area contributed by atoms with Crippen molar-refractivity contribution in [2.24, 2.45) is 0 Å². The summed E-state index contributed by atoms with van der Waals surface area (Å²) in [5, 5.41) is 12.1. The second-order valence-corrected chi connectivity index (χ2v) is 5.61. The number of hydrogen-bond acceptors (Lipinski definition) is 3. The number of para-hydroxylation sites is 1. The topological polar surface area (TPSA) is 49.3 Å². The highest BCUT2D eigenvalue weighted by molar-refractivity contribution is 7.14. The van der Waals surface area contributed by atoms with Crippen LogP contribution in [0.25, 0.3) is 0 Å². The van der Waals surface area contributed by atoms with Gasteiger partial charge in [0.2, 0.25) is 0 Å². The Labute approximate surface area is 118 Å². The smallest absolute Gasteiger partial charge is 0.345 e. The zero-order valence-electron chi connectivity index (χ0n) is 10.0. The molecular formula is C13H11ClFNO2S. The van der Waals surface area contributed by atoms with Crippen molar-refractivity contribution in [3.05, 3.63) is 50.4 Å². The van der Waals surface area contributed by atoms with Gasteiger partial charge >= 0.3 is 5.97 Å². The van der Waals surface area contributed by atoms with Gasteiger partial charge in [-0.25, -0.2) is 9.18 Å². The quantitative estimate of drug-likeness (QED) is 0.891. The number of rotatable bonds is 4. The Balaban J connectivity index is 2.17. The van der Waals surface area contributed by atoms with Gasteiger partial charge in [-0.3, -0.25) is 0 Å². The lowest BCUT2D eigenvalue weighted by Crippen LogP contribution is -2.02. The van der Waals surface area contributed by atoms with Crippen molar-refractivity contribution in [2.45, 2.75) is 13.5 Å². The third kappa shape index (κ3) is 3.05. The fourth-order valence-electron chi connectivity index (χ4n) is 1.65. The molecule has 0 aliphatic heterocycles. The maximum absolute atomic E-state index is 13.5. The largest absolute Gasteiger partial charge is 0.477 e. The van der Waals surface area contributed by atoms with E-state index >= 15 is 0 Å². The molecule has 0 spiro atoms. The number of aryl methyl sites for hydroxylation is 1. The number of halogens is 2. The molecule has 0 radical (unpaired) electrons. The van der Waals surface area contributed by atoms with E-state index in [4.69, 9.17) is 16.7 Å². The zero-order chi connectivity index (χ0) is 14.0. The molecule has 19 heavy (non-hydrogen) atoms. The number of thiophene rings is 1. The molecule has 0 aliphatic rings. The average molecular weight is 300 g/mol. The van der Waals surface area contributed by atoms with Crippen LogP contribution in [0, 0.1) is 12.7 Å². The molecule has 0 bridgehead atoms. The van der Waals surface area contributed by atoms with Crippen LogP contribution in [0.1, 0.15) is 20.1 Å². The molecule has 1 heterocycles. The number of carboxylic acids is 1. The highest BCUT2D eigenvalue weighted by Crippen LogP contribution is 2.27. The number of carboxylic acid groups (broad SMARTS) is 1. The summed E-state index contributed by atoms with van der Waals surface area (Å²) in [6.07, 6.45) is 0. The number of nitrogens with one attached hydrogen (secondary N) is 1. The Bertz CT molecular complexity index is 607. The summed E-state index contributed by atoms with van der Waals surface area (Å²) in [5.41, 5.74) is 1.05. The van der Waals surface area contributed by atoms with E-state index in [1.54, 1.807) is 12.1 Å². The normalized spacial score (nSPS) is 10.5. The van der Waals surface area contributed by atoms with Gasteiger partial charge < -0.3 is 10.4 Å². The molecule has 6 heteroatoms. The van der Waals surface area contributed by atoms with Gasteiger partial charge in [-0.05, 0) is 30.7 Å². The van der Waals surface area contributed by atoms with E-state index in [0.717, 1.165) is 10.4 Å². The van der Waals surface area contributed by atoms with Crippen LogP contribution in [-0.2, 0) is 6.54 Å². The van der Waals surface area contributed by atoms with Crippen molar-refractivity contribution < 1.29 is 14.3 Å². The van der Waals surface area contributed by atoms with E-state index in [-0.39, 0.29) is 10.6 Å². The molecule has 0 aliphatic carbocycles. The van der Waals surface area contributed by atoms with Crippen LogP contribution in [0.5, 0.6) is 0 Å². The van der Waals surface area contributed by atoms with Crippen LogP contribution >= 0.6 is 22.9 Å². The lowest BCUT2D eigenvalue weighted by Gasteiger charge is -2.09. The number of benzene rings is 1. The third-order valence-electron chi connectivity index (χ3n) is 2.65. The fraction of sp³-hybridized carbons (Fsp3) is 0.154. The first-order chi connectivity index (χ1) is 8.99. The van der Waals surface area contributed by atoms with Gasteiger partial charge in [0.1, 0.15) is 10.7 Å². The van der Waals surface area contributed by atoms with Crippen LogP contribution in [0.15, 0.2) is 24.3 Å². The first kappa shape index (κ1) is 13.8. The molecule has 0 fully saturated rings. The van der Waals surface area contributed by atoms with Gasteiger partial charge in [-0.2, -0.15) is 0 Å². The summed E-state index contributed by atoms with van der Waals surface area (Å²) in [7, 11) is 0. The minimum absolute atomic E-state index is 0.228. The summed E-state index contributed by atoms with van der Waals surface area (Å²) in [6, 6.07) is 6.03. The van der Waals surface area contributed by atoms with Crippen molar-refractivity contribution in [1.29, 1.82) is 0 Å². The third-order valence-corrected chi connectivity index (χ3v) is 4.05. The number of hydrogen-bond donors (Lipinski definition) is 2. The number of anilines is 1. The van der Waals surface area contributed by atoms with Crippen LogP contribution in [0.4, 0.5) is 10.1 Å². The monoisotopic (exact) mass is 299 g/mol. The van der Waals surface area contributed by atoms with E-state index in [2.05, 4.69) is 5.32 Å². The lowest BCUT2D eigenvalue weighted by molar-refractivity contribution is 0.0702. The van der Waals surface area contributed by atoms with Gasteiger partial charge in [-0.15, -0.1) is 11.3 Å². The molecule has 2 aromatic rings. The average Bonchev–Trinajstić information content (AvgIpc) is 2.70. The Morgan fingerprint density at radius 1 is 1.53 bits per heavy atom. The Kier molecular flexibility index (Phi) is 4.07. The molecule has 0 amide bonds. The molecular weight excluding hydrogens is 289 g/mol. The van der Waals surface area contributed by atoms with Crippen molar-refractivity contribution >= 4 is 34.6 Å². The number of aromatic carboxylic acids is 1. The Morgan fingerprint density at radius 2 is 2.26 bits per heavy atom. The molecule has 0 atom stereocenters. The molecule has 3 nitrogen and oxygen atoms in total. The van der Waals surface area contributed by atoms with Gasteiger partial charge in [0.05, 0.1) is 10.7 Å². The summed E-state index contributed by atoms with van der Waals surface area (Å²) in [6.45, 7) is 2.16. The van der Waals surface area contributed by atoms with E-state index < -0.39 is 11.8 Å². The number of carbonyl (C=O) groups is 1. The van der Waals surface area contributed by atoms with E-state index in [0.29, 0.717) is 11.6 Å². The first-order valence-corrected chi connectivity index (χ1v) is 6.69. The minimum atomic E-state index is -0.955. The summed E-state index contributed by atoms with van der Waals surface area (Å²) < 4.78 is 13.5. The Hall–Kier alpha value is -1.59. The van der Waals surface area contributed by atoms with Gasteiger partial charge in [-0.1, -0.05) is 17.7 Å². The predicted octanol–water partition coefficient (Wildman–Crippen LogP) is 4.16. The highest BCUT2D eigenvalue weighted by Gasteiger charge is 2.12. The van der Waals surface area contributed by atoms with Crippen molar-refractivity contribution in [3.63, 3.8) is 0 Å². The molecule has 1 aromatic carbocycles. The van der Waals surface area contributed by atoms with Crippen LogP contribution in [0.3, 0.4) is 0 Å². The fourth-order valence-corrected chi connectivity index (χ4v) is 2.76. The summed E-state index contributed by atoms with van der Waals surface area (Å²) >= 11 is 7.10. The highest BCUT2D eigenvalue weighted by atomic mass is 35.5. The second kappa shape index (κ2) is 5.59. The zero-order valence-corrected chi connectivity index (χ0v) is 11.6. The van der Waals surface area contributed by atoms with E-state index in [1.807, 2.05) is 6.92 Å². The van der Waals surface area contributed by atoms with Crippen molar-refractivity contribution in [1.82, 2.24) is 0 Å². The second-order valence-electron chi connectivity index (χ2n) is 3.95. The molecule has 2 rings (SSSR count). The molecule has 2 N–H and O–H groups in total. The van der Waals surface area contributed by atoms with Gasteiger partial charge in [0.25, 0.3) is 0 Å². The van der Waals surface area contributed by atoms with Crippen LogP contribution < -0.4 is 5.32 Å². The molecule has 0 unspecified atom stereocenters. The van der Waals surface area contributed by atoms with E-state index in [9.17, 15) is 9.18 Å². The van der Waals surface area contributed by atoms with Crippen LogP contribution in [-0.4, -0.2) is 11.1 Å². The van der Waals surface area contributed by atoms with Gasteiger partial charge in [0.15, 0.2) is 0 Å². The maximum Gasteiger partial charge on any atom is 0.345 e. The standard InChI is InChI=1S/C13H11ClFNO2S/c1-7-8(5-11(19-7)13(17)18)6-16-12-9(14)3-2-4-10(12)15/h2-5,16H,6H2,1H3,(H,17,18). The minimum Gasteiger partial charge on any atom is -0.477 e.